The summed E-state index contributed by atoms with van der Waals surface area (Å²) in [5.41, 5.74) is 3.39. The monoisotopic (exact) mass is 480 g/mol. The Balaban J connectivity index is 1.48. The molecule has 188 valence electrons. The van der Waals surface area contributed by atoms with Crippen LogP contribution < -0.4 is 19.7 Å². The lowest BCUT2D eigenvalue weighted by Crippen LogP contribution is -2.50. The van der Waals surface area contributed by atoms with Gasteiger partial charge in [0.25, 0.3) is 0 Å². The standard InChI is InChI=1S/C28H36N2O5/c1-4-14-33-26-18-29-19-27(28(26)22-7-9-23(32-3)10-8-22)35-20-21-6-11-25-24(17-21)30(13-16-34-25)12-5-15-31-2/h1,6-11,17,26-29H,5,12-16,18-20H2,2-3H3/t26-,27+,28?/m1/s1. The molecule has 7 nitrogen and oxygen atoms in total. The van der Waals surface area contributed by atoms with Gasteiger partial charge in [-0.05, 0) is 41.8 Å². The van der Waals surface area contributed by atoms with Gasteiger partial charge in [-0.2, -0.15) is 0 Å². The number of fused-ring (bicyclic) bond motifs is 1. The Kier molecular flexibility index (Phi) is 9.27. The van der Waals surface area contributed by atoms with Crippen LogP contribution in [0.3, 0.4) is 0 Å². The molecule has 1 saturated heterocycles. The summed E-state index contributed by atoms with van der Waals surface area (Å²) in [7, 11) is 3.41. The van der Waals surface area contributed by atoms with Gasteiger partial charge in [-0.15, -0.1) is 6.42 Å². The summed E-state index contributed by atoms with van der Waals surface area (Å²) in [6.45, 7) is 5.51. The zero-order chi connectivity index (χ0) is 24.5. The first kappa shape index (κ1) is 25.3. The quantitative estimate of drug-likeness (QED) is 0.391. The van der Waals surface area contributed by atoms with Gasteiger partial charge in [0.15, 0.2) is 0 Å². The molecule has 0 spiro atoms. The summed E-state index contributed by atoms with van der Waals surface area (Å²) in [5, 5.41) is 3.45. The first-order valence-corrected chi connectivity index (χ1v) is 12.2. The molecule has 0 saturated carbocycles. The number of hydrogen-bond donors (Lipinski definition) is 1. The van der Waals surface area contributed by atoms with Crippen LogP contribution in [0.2, 0.25) is 0 Å². The van der Waals surface area contributed by atoms with Gasteiger partial charge in [0.05, 0.1) is 38.2 Å². The molecule has 2 aliphatic heterocycles. The van der Waals surface area contributed by atoms with Crippen LogP contribution in [-0.4, -0.2) is 72.4 Å². The van der Waals surface area contributed by atoms with E-state index in [9.17, 15) is 0 Å². The number of rotatable bonds is 11. The minimum atomic E-state index is -0.0774. The third kappa shape index (κ3) is 6.47. The van der Waals surface area contributed by atoms with E-state index < -0.39 is 0 Å². The number of nitrogens with one attached hydrogen (secondary N) is 1. The van der Waals surface area contributed by atoms with Crippen molar-refractivity contribution in [2.45, 2.75) is 31.2 Å². The highest BCUT2D eigenvalue weighted by Gasteiger charge is 2.36. The van der Waals surface area contributed by atoms with E-state index in [0.717, 1.165) is 67.5 Å². The van der Waals surface area contributed by atoms with Gasteiger partial charge >= 0.3 is 0 Å². The van der Waals surface area contributed by atoms with Gasteiger partial charge in [-0.3, -0.25) is 0 Å². The lowest BCUT2D eigenvalue weighted by molar-refractivity contribution is -0.0528. The molecular formula is C28H36N2O5. The first-order valence-electron chi connectivity index (χ1n) is 12.2. The fraction of sp³-hybridized carbons (Fsp3) is 0.500. The Morgan fingerprint density at radius 3 is 2.63 bits per heavy atom. The summed E-state index contributed by atoms with van der Waals surface area (Å²) < 4.78 is 29.0. The van der Waals surface area contributed by atoms with Crippen molar-refractivity contribution in [2.24, 2.45) is 0 Å². The average molecular weight is 481 g/mol. The molecule has 1 N–H and O–H groups in total. The third-order valence-corrected chi connectivity index (χ3v) is 6.60. The molecule has 0 amide bonds. The Bertz CT molecular complexity index is 974. The van der Waals surface area contributed by atoms with Gasteiger partial charge in [0.1, 0.15) is 24.7 Å². The molecule has 2 aromatic rings. The fourth-order valence-corrected chi connectivity index (χ4v) is 4.84. The van der Waals surface area contributed by atoms with E-state index in [-0.39, 0.29) is 24.7 Å². The fourth-order valence-electron chi connectivity index (χ4n) is 4.84. The second-order valence-corrected chi connectivity index (χ2v) is 8.84. The molecule has 0 bridgehead atoms. The summed E-state index contributed by atoms with van der Waals surface area (Å²) in [6, 6.07) is 14.5. The molecule has 3 atom stereocenters. The molecule has 0 radical (unpaired) electrons. The van der Waals surface area contributed by atoms with Crippen LogP contribution in [-0.2, 0) is 20.8 Å². The van der Waals surface area contributed by atoms with Crippen LogP contribution >= 0.6 is 0 Å². The van der Waals surface area contributed by atoms with E-state index >= 15 is 0 Å². The van der Waals surface area contributed by atoms with Crippen molar-refractivity contribution in [3.8, 4) is 23.8 Å². The van der Waals surface area contributed by atoms with Gasteiger partial charge in [0, 0.05) is 39.3 Å². The number of terminal acetylenes is 1. The van der Waals surface area contributed by atoms with E-state index in [1.54, 1.807) is 14.2 Å². The molecule has 1 unspecified atom stereocenters. The van der Waals surface area contributed by atoms with Crippen molar-refractivity contribution in [1.29, 1.82) is 0 Å². The average Bonchev–Trinajstić information content (AvgIpc) is 2.91. The van der Waals surface area contributed by atoms with Crippen LogP contribution in [0.25, 0.3) is 0 Å². The zero-order valence-corrected chi connectivity index (χ0v) is 20.7. The Morgan fingerprint density at radius 2 is 1.89 bits per heavy atom. The third-order valence-electron chi connectivity index (χ3n) is 6.60. The van der Waals surface area contributed by atoms with Gasteiger partial charge < -0.3 is 33.9 Å². The molecule has 0 aliphatic carbocycles. The smallest absolute Gasteiger partial charge is 0.142 e. The van der Waals surface area contributed by atoms with Crippen LogP contribution in [0.4, 0.5) is 5.69 Å². The van der Waals surface area contributed by atoms with E-state index in [1.165, 1.54) is 0 Å². The number of methoxy groups -OCH3 is 2. The first-order chi connectivity index (χ1) is 17.2. The SMILES string of the molecule is C#CCO[C@@H]1CNC[C@H](OCc2ccc3c(c2)N(CCCOC)CCO3)C1c1ccc(OC)cc1. The normalized spacial score (nSPS) is 21.6. The minimum absolute atomic E-state index is 0.0574. The number of ether oxygens (including phenoxy) is 5. The topological polar surface area (TPSA) is 61.4 Å². The van der Waals surface area contributed by atoms with E-state index in [2.05, 4.69) is 46.5 Å². The van der Waals surface area contributed by atoms with Crippen molar-refractivity contribution in [3.63, 3.8) is 0 Å². The molecule has 35 heavy (non-hydrogen) atoms. The lowest BCUT2D eigenvalue weighted by atomic mass is 9.85. The maximum absolute atomic E-state index is 6.52. The van der Waals surface area contributed by atoms with Crippen molar-refractivity contribution >= 4 is 5.69 Å². The summed E-state index contributed by atoms with van der Waals surface area (Å²) >= 11 is 0. The molecule has 1 fully saturated rings. The second-order valence-electron chi connectivity index (χ2n) is 8.84. The van der Waals surface area contributed by atoms with Crippen molar-refractivity contribution in [2.75, 3.05) is 65.1 Å². The van der Waals surface area contributed by atoms with E-state index in [0.29, 0.717) is 13.2 Å². The van der Waals surface area contributed by atoms with Gasteiger partial charge in [-0.25, -0.2) is 0 Å². The van der Waals surface area contributed by atoms with Crippen molar-refractivity contribution in [1.82, 2.24) is 5.32 Å². The van der Waals surface area contributed by atoms with Gasteiger partial charge in [-0.1, -0.05) is 24.1 Å². The molecule has 7 heteroatoms. The number of nitrogens with zero attached hydrogens (tertiary/aromatic N) is 1. The summed E-state index contributed by atoms with van der Waals surface area (Å²) in [5.74, 6) is 4.40. The van der Waals surface area contributed by atoms with E-state index in [4.69, 9.17) is 30.1 Å². The number of hydrogen-bond acceptors (Lipinski definition) is 7. The molecule has 4 rings (SSSR count). The predicted octanol–water partition coefficient (Wildman–Crippen LogP) is 3.22. The summed E-state index contributed by atoms with van der Waals surface area (Å²) in [4.78, 5) is 2.37. The maximum atomic E-state index is 6.52. The van der Waals surface area contributed by atoms with Crippen LogP contribution in [0, 0.1) is 12.3 Å². The number of piperidine rings is 1. The van der Waals surface area contributed by atoms with Crippen LogP contribution in [0.15, 0.2) is 42.5 Å². The van der Waals surface area contributed by atoms with E-state index in [1.807, 2.05) is 12.1 Å². The molecule has 2 aliphatic rings. The molecule has 2 aromatic carbocycles. The Morgan fingerprint density at radius 1 is 1.09 bits per heavy atom. The molecular weight excluding hydrogens is 444 g/mol. The van der Waals surface area contributed by atoms with Gasteiger partial charge in [0.2, 0.25) is 0 Å². The second kappa shape index (κ2) is 12.8. The van der Waals surface area contributed by atoms with Crippen LogP contribution in [0.5, 0.6) is 11.5 Å². The largest absolute Gasteiger partial charge is 0.497 e. The lowest BCUT2D eigenvalue weighted by Gasteiger charge is -2.38. The molecule has 0 aromatic heterocycles. The zero-order valence-electron chi connectivity index (χ0n) is 20.7. The molecule has 2 heterocycles. The minimum Gasteiger partial charge on any atom is -0.497 e. The maximum Gasteiger partial charge on any atom is 0.142 e. The summed E-state index contributed by atoms with van der Waals surface area (Å²) in [6.07, 6.45) is 6.31. The number of benzene rings is 2. The number of anilines is 1. The highest BCUT2D eigenvalue weighted by Crippen LogP contribution is 2.35. The highest BCUT2D eigenvalue weighted by molar-refractivity contribution is 5.61. The highest BCUT2D eigenvalue weighted by atomic mass is 16.5. The van der Waals surface area contributed by atoms with Crippen molar-refractivity contribution < 1.29 is 23.7 Å². The van der Waals surface area contributed by atoms with Crippen LogP contribution in [0.1, 0.15) is 23.5 Å². The predicted molar refractivity (Wildman–Crippen MR) is 136 cm³/mol. The Labute approximate surface area is 208 Å². The van der Waals surface area contributed by atoms with Crippen molar-refractivity contribution in [3.05, 3.63) is 53.6 Å². The Hall–Kier alpha value is -2.76.